The van der Waals surface area contributed by atoms with E-state index >= 15 is 0 Å². The van der Waals surface area contributed by atoms with Gasteiger partial charge in [0.1, 0.15) is 23.9 Å². The lowest BCUT2D eigenvalue weighted by Crippen LogP contribution is -2.30. The fourth-order valence-corrected chi connectivity index (χ4v) is 2.90. The van der Waals surface area contributed by atoms with Crippen LogP contribution in [-0.2, 0) is 9.53 Å². The standard InChI is InChI=1S/C17H20N4O4/c1-5-25-16(22)14-10(2)20-17-18-9-19-21(17)15(14)12-7-6-11(23-3)8-13(12)24-4/h6-9,15H,5H2,1-4H3,(H,18,19,20). The van der Waals surface area contributed by atoms with Gasteiger partial charge in [-0.05, 0) is 26.0 Å². The van der Waals surface area contributed by atoms with E-state index in [2.05, 4.69) is 15.4 Å². The summed E-state index contributed by atoms with van der Waals surface area (Å²) in [5, 5.41) is 7.37. The van der Waals surface area contributed by atoms with Crippen LogP contribution in [0.4, 0.5) is 5.95 Å². The molecule has 0 amide bonds. The molecule has 1 unspecified atom stereocenters. The lowest BCUT2D eigenvalue weighted by atomic mass is 9.95. The molecule has 0 saturated heterocycles. The van der Waals surface area contributed by atoms with Gasteiger partial charge in [-0.15, -0.1) is 0 Å². The molecule has 1 atom stereocenters. The first-order valence-corrected chi connectivity index (χ1v) is 7.87. The minimum absolute atomic E-state index is 0.284. The van der Waals surface area contributed by atoms with Crippen LogP contribution < -0.4 is 14.8 Å². The number of anilines is 1. The first-order chi connectivity index (χ1) is 12.1. The maximum absolute atomic E-state index is 12.6. The zero-order valence-electron chi connectivity index (χ0n) is 14.6. The van der Waals surface area contributed by atoms with Crippen molar-refractivity contribution in [3.63, 3.8) is 0 Å². The third-order valence-corrected chi connectivity index (χ3v) is 4.02. The van der Waals surface area contributed by atoms with Gasteiger partial charge in [0.2, 0.25) is 5.95 Å². The molecule has 0 saturated carbocycles. The van der Waals surface area contributed by atoms with Crippen LogP contribution in [0.15, 0.2) is 35.8 Å². The molecule has 0 aliphatic carbocycles. The molecule has 2 aromatic rings. The van der Waals surface area contributed by atoms with E-state index in [-0.39, 0.29) is 6.61 Å². The Bertz CT molecular complexity index is 828. The van der Waals surface area contributed by atoms with Gasteiger partial charge < -0.3 is 19.5 Å². The molecule has 1 aliphatic heterocycles. The predicted octanol–water partition coefficient (Wildman–Crippen LogP) is 2.15. The second-order valence-corrected chi connectivity index (χ2v) is 5.42. The average molecular weight is 344 g/mol. The minimum Gasteiger partial charge on any atom is -0.497 e. The molecule has 1 aliphatic rings. The summed E-state index contributed by atoms with van der Waals surface area (Å²) in [5.41, 5.74) is 1.89. The molecule has 8 heteroatoms. The van der Waals surface area contributed by atoms with Crippen LogP contribution in [0.1, 0.15) is 25.5 Å². The van der Waals surface area contributed by atoms with Crippen molar-refractivity contribution in [2.75, 3.05) is 26.1 Å². The molecule has 1 aromatic heterocycles. The molecule has 0 bridgehead atoms. The van der Waals surface area contributed by atoms with Crippen molar-refractivity contribution in [2.24, 2.45) is 0 Å². The van der Waals surface area contributed by atoms with Gasteiger partial charge in [-0.3, -0.25) is 0 Å². The molecule has 0 fully saturated rings. The van der Waals surface area contributed by atoms with Crippen LogP contribution in [0.3, 0.4) is 0 Å². The molecule has 3 rings (SSSR count). The number of nitrogens with zero attached hydrogens (tertiary/aromatic N) is 3. The van der Waals surface area contributed by atoms with E-state index in [4.69, 9.17) is 14.2 Å². The van der Waals surface area contributed by atoms with Gasteiger partial charge in [0, 0.05) is 17.3 Å². The monoisotopic (exact) mass is 344 g/mol. The van der Waals surface area contributed by atoms with Crippen LogP contribution in [0, 0.1) is 0 Å². The Labute approximate surface area is 145 Å². The number of carbonyl (C=O) groups is 1. The highest BCUT2D eigenvalue weighted by atomic mass is 16.5. The molecule has 1 N–H and O–H groups in total. The summed E-state index contributed by atoms with van der Waals surface area (Å²) in [7, 11) is 3.16. The smallest absolute Gasteiger partial charge is 0.338 e. The van der Waals surface area contributed by atoms with Gasteiger partial charge >= 0.3 is 5.97 Å². The lowest BCUT2D eigenvalue weighted by molar-refractivity contribution is -0.139. The Hall–Kier alpha value is -3.03. The summed E-state index contributed by atoms with van der Waals surface area (Å²) in [6.45, 7) is 3.87. The fourth-order valence-electron chi connectivity index (χ4n) is 2.90. The Kier molecular flexibility index (Phi) is 4.60. The van der Waals surface area contributed by atoms with Gasteiger partial charge in [-0.1, -0.05) is 0 Å². The lowest BCUT2D eigenvalue weighted by Gasteiger charge is -2.29. The molecule has 25 heavy (non-hydrogen) atoms. The number of fused-ring (bicyclic) bond motifs is 1. The van der Waals surface area contributed by atoms with Crippen molar-refractivity contribution in [1.82, 2.24) is 14.8 Å². The molecule has 2 heterocycles. The second kappa shape index (κ2) is 6.84. The van der Waals surface area contributed by atoms with Crippen molar-refractivity contribution in [3.05, 3.63) is 41.4 Å². The normalized spacial score (nSPS) is 16.1. The summed E-state index contributed by atoms with van der Waals surface area (Å²) in [6, 6.07) is 4.92. The van der Waals surface area contributed by atoms with E-state index in [1.165, 1.54) is 6.33 Å². The highest BCUT2D eigenvalue weighted by Crippen LogP contribution is 2.40. The van der Waals surface area contributed by atoms with Gasteiger partial charge in [-0.25, -0.2) is 9.48 Å². The summed E-state index contributed by atoms with van der Waals surface area (Å²) in [5.74, 6) is 1.39. The van der Waals surface area contributed by atoms with Gasteiger partial charge in [0.05, 0.1) is 26.4 Å². The Morgan fingerprint density at radius 2 is 2.12 bits per heavy atom. The van der Waals surface area contributed by atoms with Crippen LogP contribution in [0.5, 0.6) is 11.5 Å². The van der Waals surface area contributed by atoms with Crippen LogP contribution in [0.25, 0.3) is 0 Å². The third kappa shape index (κ3) is 2.90. The van der Waals surface area contributed by atoms with E-state index in [0.29, 0.717) is 28.7 Å². The Morgan fingerprint density at radius 3 is 2.80 bits per heavy atom. The number of carbonyl (C=O) groups excluding carboxylic acids is 1. The molecule has 0 spiro atoms. The van der Waals surface area contributed by atoms with E-state index in [1.807, 2.05) is 19.1 Å². The van der Waals surface area contributed by atoms with Crippen molar-refractivity contribution >= 4 is 11.9 Å². The number of methoxy groups -OCH3 is 2. The van der Waals surface area contributed by atoms with E-state index in [1.54, 1.807) is 31.9 Å². The quantitative estimate of drug-likeness (QED) is 0.832. The first-order valence-electron chi connectivity index (χ1n) is 7.87. The number of ether oxygens (including phenoxy) is 3. The largest absolute Gasteiger partial charge is 0.497 e. The van der Waals surface area contributed by atoms with Crippen LogP contribution in [-0.4, -0.2) is 41.6 Å². The Balaban J connectivity index is 2.18. The maximum Gasteiger partial charge on any atom is 0.338 e. The van der Waals surface area contributed by atoms with E-state index in [9.17, 15) is 4.79 Å². The zero-order valence-corrected chi connectivity index (χ0v) is 14.6. The third-order valence-electron chi connectivity index (χ3n) is 4.02. The molecular formula is C17H20N4O4. The second-order valence-electron chi connectivity index (χ2n) is 5.42. The summed E-state index contributed by atoms with van der Waals surface area (Å²) in [6.07, 6.45) is 1.44. The van der Waals surface area contributed by atoms with Gasteiger partial charge in [0.15, 0.2) is 0 Å². The van der Waals surface area contributed by atoms with E-state index < -0.39 is 12.0 Å². The molecule has 132 valence electrons. The number of rotatable bonds is 5. The molecule has 1 aromatic carbocycles. The topological polar surface area (TPSA) is 87.5 Å². The molecule has 8 nitrogen and oxygen atoms in total. The number of hydrogen-bond donors (Lipinski definition) is 1. The van der Waals surface area contributed by atoms with Crippen molar-refractivity contribution in [1.29, 1.82) is 0 Å². The van der Waals surface area contributed by atoms with Crippen molar-refractivity contribution < 1.29 is 19.0 Å². The molecular weight excluding hydrogens is 324 g/mol. The summed E-state index contributed by atoms with van der Waals surface area (Å²) >= 11 is 0. The van der Waals surface area contributed by atoms with Gasteiger partial charge in [0.25, 0.3) is 0 Å². The average Bonchev–Trinajstić information content (AvgIpc) is 3.08. The highest BCUT2D eigenvalue weighted by Gasteiger charge is 2.36. The number of aromatic nitrogens is 3. The van der Waals surface area contributed by atoms with Crippen molar-refractivity contribution in [3.8, 4) is 11.5 Å². The SMILES string of the molecule is CCOC(=O)C1=C(C)Nc2ncnn2C1c1ccc(OC)cc1OC. The number of hydrogen-bond acceptors (Lipinski definition) is 7. The van der Waals surface area contributed by atoms with Crippen LogP contribution in [0.2, 0.25) is 0 Å². The van der Waals surface area contributed by atoms with Crippen LogP contribution >= 0.6 is 0 Å². The number of benzene rings is 1. The highest BCUT2D eigenvalue weighted by molar-refractivity contribution is 5.92. The number of esters is 1. The minimum atomic E-state index is -0.515. The van der Waals surface area contributed by atoms with Crippen molar-refractivity contribution in [2.45, 2.75) is 19.9 Å². The predicted molar refractivity (Wildman–Crippen MR) is 90.7 cm³/mol. The number of allylic oxidation sites excluding steroid dienone is 1. The maximum atomic E-state index is 12.6. The fraction of sp³-hybridized carbons (Fsp3) is 0.353. The Morgan fingerprint density at radius 1 is 1.32 bits per heavy atom. The van der Waals surface area contributed by atoms with E-state index in [0.717, 1.165) is 5.56 Å². The molecule has 0 radical (unpaired) electrons. The first kappa shape index (κ1) is 16.8. The zero-order chi connectivity index (χ0) is 18.0. The number of nitrogens with one attached hydrogen (secondary N) is 1. The van der Waals surface area contributed by atoms with Gasteiger partial charge in [-0.2, -0.15) is 10.1 Å². The summed E-state index contributed by atoms with van der Waals surface area (Å²) < 4.78 is 17.7. The summed E-state index contributed by atoms with van der Waals surface area (Å²) in [4.78, 5) is 16.8.